The quantitative estimate of drug-likeness (QED) is 0.243. The van der Waals surface area contributed by atoms with Gasteiger partial charge in [0.25, 0.3) is 0 Å². The predicted octanol–water partition coefficient (Wildman–Crippen LogP) is 5.99. The van der Waals surface area contributed by atoms with E-state index in [1.807, 2.05) is 24.3 Å². The molecule has 1 heterocycles. The first kappa shape index (κ1) is 27.2. The third-order valence-electron chi connectivity index (χ3n) is 5.80. The molecule has 0 aliphatic carbocycles. The summed E-state index contributed by atoms with van der Waals surface area (Å²) < 4.78 is 44.9. The largest absolute Gasteiger partial charge is 0.573 e. The molecule has 202 valence electrons. The molecule has 0 radical (unpaired) electrons. The van der Waals surface area contributed by atoms with Gasteiger partial charge < -0.3 is 20.5 Å². The van der Waals surface area contributed by atoms with Crippen LogP contribution in [0.25, 0.3) is 22.3 Å². The van der Waals surface area contributed by atoms with Gasteiger partial charge in [-0.15, -0.1) is 13.2 Å². The molecule has 11 heteroatoms. The molecule has 0 atom stereocenters. The summed E-state index contributed by atoms with van der Waals surface area (Å²) >= 11 is 0. The third kappa shape index (κ3) is 7.60. The fraction of sp³-hybridized carbons (Fsp3) is 0.179. The van der Waals surface area contributed by atoms with E-state index >= 15 is 0 Å². The summed E-state index contributed by atoms with van der Waals surface area (Å²) in [5, 5.41) is 18.5. The van der Waals surface area contributed by atoms with Crippen LogP contribution in [0.1, 0.15) is 17.5 Å². The van der Waals surface area contributed by atoms with Crippen molar-refractivity contribution in [1.29, 1.82) is 0 Å². The lowest BCUT2D eigenvalue weighted by Crippen LogP contribution is -2.28. The molecule has 0 fully saturated rings. The average molecular weight is 539 g/mol. The maximum absolute atomic E-state index is 13.0. The van der Waals surface area contributed by atoms with Crippen molar-refractivity contribution >= 4 is 17.7 Å². The Morgan fingerprint density at radius 1 is 0.974 bits per heavy atom. The number of halogens is 3. The molecule has 0 aliphatic rings. The Balaban J connectivity index is 1.52. The zero-order chi connectivity index (χ0) is 28.0. The third-order valence-corrected chi connectivity index (χ3v) is 5.80. The van der Waals surface area contributed by atoms with E-state index in [2.05, 4.69) is 20.5 Å². The van der Waals surface area contributed by atoms with Gasteiger partial charge >= 0.3 is 18.4 Å². The van der Waals surface area contributed by atoms with Crippen molar-refractivity contribution in [2.75, 3.05) is 5.32 Å². The zero-order valence-electron chi connectivity index (χ0n) is 20.8. The maximum atomic E-state index is 13.0. The van der Waals surface area contributed by atoms with Crippen LogP contribution in [-0.2, 0) is 24.8 Å². The summed E-state index contributed by atoms with van der Waals surface area (Å²) in [5.41, 5.74) is 4.03. The van der Waals surface area contributed by atoms with Gasteiger partial charge in [0.1, 0.15) is 5.75 Å². The molecular weight excluding hydrogens is 513 g/mol. The summed E-state index contributed by atoms with van der Waals surface area (Å²) in [6, 6.07) is 17.5. The number of hydrogen-bond acceptors (Lipinski definition) is 4. The first-order valence-electron chi connectivity index (χ1n) is 11.9. The highest BCUT2D eigenvalue weighted by Gasteiger charge is 2.32. The number of aromatic nitrogens is 2. The lowest BCUT2D eigenvalue weighted by Gasteiger charge is -2.17. The molecule has 0 saturated heterocycles. The van der Waals surface area contributed by atoms with Gasteiger partial charge in [0.15, 0.2) is 0 Å². The fourth-order valence-electron chi connectivity index (χ4n) is 3.99. The van der Waals surface area contributed by atoms with Crippen molar-refractivity contribution < 1.29 is 32.6 Å². The number of rotatable bonds is 9. The minimum atomic E-state index is -4.86. The molecule has 0 bridgehead atoms. The van der Waals surface area contributed by atoms with E-state index in [4.69, 9.17) is 5.11 Å². The van der Waals surface area contributed by atoms with Gasteiger partial charge in [-0.3, -0.25) is 9.48 Å². The molecule has 4 aromatic rings. The number of amides is 2. The monoisotopic (exact) mass is 538 g/mol. The highest BCUT2D eigenvalue weighted by molar-refractivity contribution is 5.93. The predicted molar refractivity (Wildman–Crippen MR) is 139 cm³/mol. The zero-order valence-corrected chi connectivity index (χ0v) is 20.8. The number of aryl methyl sites for hydroxylation is 2. The van der Waals surface area contributed by atoms with Crippen molar-refractivity contribution in [3.8, 4) is 28.0 Å². The van der Waals surface area contributed by atoms with Gasteiger partial charge in [0, 0.05) is 43.0 Å². The van der Waals surface area contributed by atoms with E-state index in [9.17, 15) is 22.8 Å². The molecule has 1 aromatic heterocycles. The topological polar surface area (TPSA) is 105 Å². The summed E-state index contributed by atoms with van der Waals surface area (Å²) in [4.78, 5) is 23.3. The second-order valence-corrected chi connectivity index (χ2v) is 8.72. The van der Waals surface area contributed by atoms with E-state index in [0.717, 1.165) is 11.1 Å². The highest BCUT2D eigenvalue weighted by Crippen LogP contribution is 2.40. The lowest BCUT2D eigenvalue weighted by atomic mass is 9.95. The number of aliphatic carboxylic acids is 1. The number of carbonyl (C=O) groups excluding carboxylic acids is 1. The number of nitrogens with zero attached hydrogens (tertiary/aromatic N) is 2. The van der Waals surface area contributed by atoms with Crippen LogP contribution in [-0.4, -0.2) is 33.2 Å². The molecule has 0 spiro atoms. The van der Waals surface area contributed by atoms with E-state index in [1.165, 1.54) is 18.2 Å². The number of anilines is 1. The van der Waals surface area contributed by atoms with Crippen molar-refractivity contribution in [1.82, 2.24) is 15.1 Å². The minimum Gasteiger partial charge on any atom is -0.481 e. The van der Waals surface area contributed by atoms with Crippen molar-refractivity contribution in [2.24, 2.45) is 7.05 Å². The SMILES string of the molecule is Cn1cc(-c2cc(NC(=O)NCc3ccc(CCC(=O)O)cc3)ccc2-c2ccccc2OC(F)(F)F)cn1. The lowest BCUT2D eigenvalue weighted by molar-refractivity contribution is -0.274. The average Bonchev–Trinajstić information content (AvgIpc) is 3.32. The molecule has 0 unspecified atom stereocenters. The number of hydrogen-bond donors (Lipinski definition) is 3. The Bertz CT molecular complexity index is 1470. The number of ether oxygens (including phenoxy) is 1. The van der Waals surface area contributed by atoms with Crippen LogP contribution in [0.15, 0.2) is 79.1 Å². The molecule has 39 heavy (non-hydrogen) atoms. The number of nitrogens with one attached hydrogen (secondary N) is 2. The molecular formula is C28H25F3N4O4. The minimum absolute atomic E-state index is 0.0424. The van der Waals surface area contributed by atoms with Gasteiger partial charge in [0.05, 0.1) is 6.20 Å². The van der Waals surface area contributed by atoms with Crippen LogP contribution in [0.3, 0.4) is 0 Å². The Kier molecular flexibility index (Phi) is 8.18. The van der Waals surface area contributed by atoms with Gasteiger partial charge in [-0.05, 0) is 46.9 Å². The van der Waals surface area contributed by atoms with Gasteiger partial charge in [-0.25, -0.2) is 4.79 Å². The van der Waals surface area contributed by atoms with E-state index < -0.39 is 18.4 Å². The summed E-state index contributed by atoms with van der Waals surface area (Å²) in [6.07, 6.45) is -1.10. The molecule has 3 N–H and O–H groups in total. The van der Waals surface area contributed by atoms with E-state index in [-0.39, 0.29) is 24.3 Å². The molecule has 4 rings (SSSR count). The fourth-order valence-corrected chi connectivity index (χ4v) is 3.99. The van der Waals surface area contributed by atoms with E-state index in [1.54, 1.807) is 48.4 Å². The number of urea groups is 1. The Morgan fingerprint density at radius 2 is 1.69 bits per heavy atom. The van der Waals surface area contributed by atoms with Crippen molar-refractivity contribution in [3.63, 3.8) is 0 Å². The van der Waals surface area contributed by atoms with Gasteiger partial charge in [-0.2, -0.15) is 5.10 Å². The van der Waals surface area contributed by atoms with Gasteiger partial charge in [0.2, 0.25) is 0 Å². The van der Waals surface area contributed by atoms with Crippen LogP contribution in [0.2, 0.25) is 0 Å². The first-order chi connectivity index (χ1) is 18.6. The maximum Gasteiger partial charge on any atom is 0.573 e. The number of carbonyl (C=O) groups is 2. The number of para-hydroxylation sites is 1. The number of carboxylic acid groups (broad SMARTS) is 1. The molecule has 0 saturated carbocycles. The van der Waals surface area contributed by atoms with Crippen molar-refractivity contribution in [2.45, 2.75) is 25.7 Å². The van der Waals surface area contributed by atoms with Crippen LogP contribution < -0.4 is 15.4 Å². The van der Waals surface area contributed by atoms with Crippen LogP contribution >= 0.6 is 0 Å². The molecule has 0 aliphatic heterocycles. The van der Waals surface area contributed by atoms with E-state index in [0.29, 0.717) is 28.8 Å². The summed E-state index contributed by atoms with van der Waals surface area (Å²) in [5.74, 6) is -1.21. The highest BCUT2D eigenvalue weighted by atomic mass is 19.4. The second kappa shape index (κ2) is 11.7. The number of benzene rings is 3. The van der Waals surface area contributed by atoms with Crippen LogP contribution in [0.4, 0.5) is 23.7 Å². The Labute approximate surface area is 222 Å². The van der Waals surface area contributed by atoms with Crippen LogP contribution in [0, 0.1) is 0 Å². The smallest absolute Gasteiger partial charge is 0.481 e. The van der Waals surface area contributed by atoms with Gasteiger partial charge in [-0.1, -0.05) is 48.5 Å². The standard InChI is InChI=1S/C28H25F3N4O4/c1-35-17-20(16-33-35)24-14-21(11-12-22(24)23-4-2-3-5-25(23)39-28(29,30)31)34-27(38)32-15-19-8-6-18(7-9-19)10-13-26(36)37/h2-9,11-12,14,16-17H,10,13,15H2,1H3,(H,36,37)(H2,32,34,38). The normalized spacial score (nSPS) is 11.2. The first-order valence-corrected chi connectivity index (χ1v) is 11.9. The Morgan fingerprint density at radius 3 is 2.36 bits per heavy atom. The molecule has 2 amide bonds. The van der Waals surface area contributed by atoms with Crippen molar-refractivity contribution in [3.05, 3.63) is 90.3 Å². The number of carboxylic acids is 1. The molecule has 3 aromatic carbocycles. The summed E-state index contributed by atoms with van der Waals surface area (Å²) in [7, 11) is 1.72. The van der Waals surface area contributed by atoms with Crippen LogP contribution in [0.5, 0.6) is 5.75 Å². The molecule has 8 nitrogen and oxygen atoms in total. The number of alkyl halides is 3. The summed E-state index contributed by atoms with van der Waals surface area (Å²) in [6.45, 7) is 0.237. The Hall–Kier alpha value is -4.80. The second-order valence-electron chi connectivity index (χ2n) is 8.72.